The van der Waals surface area contributed by atoms with Crippen LogP contribution in [0.25, 0.3) is 0 Å². The molecule has 0 radical (unpaired) electrons. The minimum Gasteiger partial charge on any atom is -0.347 e. The van der Waals surface area contributed by atoms with Gasteiger partial charge in [0.15, 0.2) is 5.82 Å². The van der Waals surface area contributed by atoms with Crippen molar-refractivity contribution >= 4 is 11.8 Å². The first kappa shape index (κ1) is 10.6. The molecule has 0 saturated carbocycles. The molecule has 1 aliphatic heterocycles. The van der Waals surface area contributed by atoms with E-state index in [2.05, 4.69) is 15.5 Å². The Labute approximate surface area is 91.8 Å². The van der Waals surface area contributed by atoms with Gasteiger partial charge in [0, 0.05) is 13.0 Å². The number of nitrogens with one attached hydrogen (secondary N) is 1. The number of carbonyl (C=O) groups excluding carboxylic acids is 2. The summed E-state index contributed by atoms with van der Waals surface area (Å²) >= 11 is 0. The van der Waals surface area contributed by atoms with Gasteiger partial charge in [0.05, 0.1) is 6.54 Å². The van der Waals surface area contributed by atoms with Gasteiger partial charge in [-0.15, -0.1) is 0 Å². The van der Waals surface area contributed by atoms with Crippen LogP contribution in [0.1, 0.15) is 18.1 Å². The second-order valence-corrected chi connectivity index (χ2v) is 3.58. The SMILES string of the molecule is Cc1noc(CN2CCC(=O)NCC2=O)n1. The highest BCUT2D eigenvalue weighted by atomic mass is 16.5. The lowest BCUT2D eigenvalue weighted by Crippen LogP contribution is -2.34. The Balaban J connectivity index is 2.02. The highest BCUT2D eigenvalue weighted by molar-refractivity contribution is 5.87. The summed E-state index contributed by atoms with van der Waals surface area (Å²) in [6, 6.07) is 0. The average Bonchev–Trinajstić information content (AvgIpc) is 2.59. The summed E-state index contributed by atoms with van der Waals surface area (Å²) in [5.74, 6) is 0.672. The number of aryl methyl sites for hydroxylation is 1. The molecule has 1 aromatic rings. The number of hydrogen-bond donors (Lipinski definition) is 1. The zero-order valence-corrected chi connectivity index (χ0v) is 8.89. The second-order valence-electron chi connectivity index (χ2n) is 3.58. The molecule has 0 bridgehead atoms. The van der Waals surface area contributed by atoms with Crippen molar-refractivity contribution in [1.29, 1.82) is 0 Å². The highest BCUT2D eigenvalue weighted by Gasteiger charge is 2.21. The van der Waals surface area contributed by atoms with E-state index in [1.165, 1.54) is 4.90 Å². The zero-order chi connectivity index (χ0) is 11.5. The lowest BCUT2D eigenvalue weighted by atomic mass is 10.3. The zero-order valence-electron chi connectivity index (χ0n) is 8.89. The molecule has 86 valence electrons. The van der Waals surface area contributed by atoms with Gasteiger partial charge in [-0.05, 0) is 6.92 Å². The Morgan fingerprint density at radius 3 is 3.00 bits per heavy atom. The van der Waals surface area contributed by atoms with E-state index in [-0.39, 0.29) is 24.9 Å². The van der Waals surface area contributed by atoms with E-state index in [1.807, 2.05) is 0 Å². The van der Waals surface area contributed by atoms with E-state index in [1.54, 1.807) is 6.92 Å². The van der Waals surface area contributed by atoms with Crippen LogP contribution in [0, 0.1) is 6.92 Å². The van der Waals surface area contributed by atoms with Crippen molar-refractivity contribution in [2.75, 3.05) is 13.1 Å². The maximum atomic E-state index is 11.6. The smallest absolute Gasteiger partial charge is 0.246 e. The maximum Gasteiger partial charge on any atom is 0.246 e. The average molecular weight is 224 g/mol. The molecular weight excluding hydrogens is 212 g/mol. The third-order valence-electron chi connectivity index (χ3n) is 2.29. The molecule has 2 heterocycles. The van der Waals surface area contributed by atoms with Crippen LogP contribution in [0.15, 0.2) is 4.52 Å². The van der Waals surface area contributed by atoms with Crippen molar-refractivity contribution < 1.29 is 14.1 Å². The molecule has 16 heavy (non-hydrogen) atoms. The third kappa shape index (κ3) is 2.36. The van der Waals surface area contributed by atoms with Gasteiger partial charge in [-0.1, -0.05) is 5.16 Å². The molecule has 2 rings (SSSR count). The molecule has 1 aliphatic rings. The molecule has 7 heteroatoms. The number of rotatable bonds is 2. The Morgan fingerprint density at radius 2 is 2.31 bits per heavy atom. The molecule has 0 atom stereocenters. The van der Waals surface area contributed by atoms with Gasteiger partial charge in [-0.25, -0.2) is 0 Å². The molecule has 2 amide bonds. The first-order valence-electron chi connectivity index (χ1n) is 4.99. The predicted octanol–water partition coefficient (Wildman–Crippen LogP) is -0.773. The summed E-state index contributed by atoms with van der Waals surface area (Å²) in [7, 11) is 0. The normalized spacial score (nSPS) is 17.2. The van der Waals surface area contributed by atoms with E-state index in [9.17, 15) is 9.59 Å². The van der Waals surface area contributed by atoms with Gasteiger partial charge in [0.1, 0.15) is 6.54 Å². The van der Waals surface area contributed by atoms with E-state index in [4.69, 9.17) is 4.52 Å². The van der Waals surface area contributed by atoms with Crippen LogP contribution in [0.2, 0.25) is 0 Å². The largest absolute Gasteiger partial charge is 0.347 e. The van der Waals surface area contributed by atoms with Crippen LogP contribution in [-0.2, 0) is 16.1 Å². The number of aromatic nitrogens is 2. The summed E-state index contributed by atoms with van der Waals surface area (Å²) in [6.07, 6.45) is 0.304. The molecular formula is C9H12N4O3. The molecule has 1 N–H and O–H groups in total. The Bertz CT molecular complexity index is 415. The van der Waals surface area contributed by atoms with Crippen molar-refractivity contribution in [2.45, 2.75) is 19.9 Å². The third-order valence-corrected chi connectivity index (χ3v) is 2.29. The van der Waals surface area contributed by atoms with E-state index >= 15 is 0 Å². The van der Waals surface area contributed by atoms with Crippen LogP contribution in [0.4, 0.5) is 0 Å². The molecule has 1 aromatic heterocycles. The van der Waals surface area contributed by atoms with Crippen molar-refractivity contribution in [1.82, 2.24) is 20.4 Å². The van der Waals surface area contributed by atoms with Crippen molar-refractivity contribution in [3.63, 3.8) is 0 Å². The fourth-order valence-electron chi connectivity index (χ4n) is 1.47. The lowest BCUT2D eigenvalue weighted by molar-refractivity contribution is -0.130. The molecule has 0 aliphatic carbocycles. The summed E-state index contributed by atoms with van der Waals surface area (Å²) in [5, 5.41) is 6.16. The van der Waals surface area contributed by atoms with Crippen molar-refractivity contribution in [3.8, 4) is 0 Å². The standard InChI is InChI=1S/C9H12N4O3/c1-6-11-8(16-12-6)5-13-3-2-7(14)10-4-9(13)15/h2-5H2,1H3,(H,10,14). The number of amides is 2. The minimum absolute atomic E-state index is 0.0337. The van der Waals surface area contributed by atoms with Gasteiger partial charge in [0.2, 0.25) is 17.7 Å². The maximum absolute atomic E-state index is 11.6. The predicted molar refractivity (Wildman–Crippen MR) is 52.1 cm³/mol. The van der Waals surface area contributed by atoms with Gasteiger partial charge in [0.25, 0.3) is 0 Å². The minimum atomic E-state index is -0.137. The number of nitrogens with zero attached hydrogens (tertiary/aromatic N) is 3. The van der Waals surface area contributed by atoms with Crippen LogP contribution in [-0.4, -0.2) is 39.9 Å². The molecule has 1 saturated heterocycles. The fraction of sp³-hybridized carbons (Fsp3) is 0.556. The number of carbonyl (C=O) groups is 2. The monoisotopic (exact) mass is 224 g/mol. The lowest BCUT2D eigenvalue weighted by Gasteiger charge is -2.16. The molecule has 0 spiro atoms. The van der Waals surface area contributed by atoms with Gasteiger partial charge in [-0.3, -0.25) is 9.59 Å². The van der Waals surface area contributed by atoms with Crippen LogP contribution in [0.3, 0.4) is 0 Å². The van der Waals surface area contributed by atoms with E-state index in [0.29, 0.717) is 24.7 Å². The van der Waals surface area contributed by atoms with Crippen molar-refractivity contribution in [2.24, 2.45) is 0 Å². The first-order chi connectivity index (χ1) is 7.65. The Hall–Kier alpha value is -1.92. The van der Waals surface area contributed by atoms with Crippen LogP contribution >= 0.6 is 0 Å². The summed E-state index contributed by atoms with van der Waals surface area (Å²) < 4.78 is 4.92. The van der Waals surface area contributed by atoms with Gasteiger partial charge in [-0.2, -0.15) is 4.98 Å². The van der Waals surface area contributed by atoms with Crippen LogP contribution < -0.4 is 5.32 Å². The topological polar surface area (TPSA) is 88.3 Å². The van der Waals surface area contributed by atoms with Crippen molar-refractivity contribution in [3.05, 3.63) is 11.7 Å². The van der Waals surface area contributed by atoms with Gasteiger partial charge < -0.3 is 14.7 Å². The quantitative estimate of drug-likeness (QED) is 0.712. The summed E-state index contributed by atoms with van der Waals surface area (Å²) in [5.41, 5.74) is 0. The molecule has 1 fully saturated rings. The highest BCUT2D eigenvalue weighted by Crippen LogP contribution is 2.05. The summed E-state index contributed by atoms with van der Waals surface area (Å²) in [4.78, 5) is 28.2. The van der Waals surface area contributed by atoms with Gasteiger partial charge >= 0.3 is 0 Å². The second kappa shape index (κ2) is 4.30. The van der Waals surface area contributed by atoms with E-state index in [0.717, 1.165) is 0 Å². The molecule has 7 nitrogen and oxygen atoms in total. The van der Waals surface area contributed by atoms with Crippen LogP contribution in [0.5, 0.6) is 0 Å². The fourth-order valence-corrected chi connectivity index (χ4v) is 1.47. The van der Waals surface area contributed by atoms with E-state index < -0.39 is 0 Å². The number of hydrogen-bond acceptors (Lipinski definition) is 5. The summed E-state index contributed by atoms with van der Waals surface area (Å²) in [6.45, 7) is 2.38. The molecule has 0 aromatic carbocycles. The molecule has 0 unspecified atom stereocenters. The first-order valence-corrected chi connectivity index (χ1v) is 4.99. The Kier molecular flexibility index (Phi) is 2.84. The Morgan fingerprint density at radius 1 is 1.50 bits per heavy atom.